The van der Waals surface area contributed by atoms with Gasteiger partial charge in [-0.3, -0.25) is 0 Å². The van der Waals surface area contributed by atoms with E-state index in [-0.39, 0.29) is 6.04 Å². The number of benzene rings is 1. The van der Waals surface area contributed by atoms with Crippen LogP contribution in [0.1, 0.15) is 25.7 Å². The van der Waals surface area contributed by atoms with Crippen molar-refractivity contribution in [1.82, 2.24) is 14.8 Å². The second-order valence-electron chi connectivity index (χ2n) is 3.96. The summed E-state index contributed by atoms with van der Waals surface area (Å²) in [5.41, 5.74) is 0. The van der Waals surface area contributed by atoms with Gasteiger partial charge >= 0.3 is 0 Å². The molecule has 2 rings (SSSR count). The molecule has 0 saturated heterocycles. The summed E-state index contributed by atoms with van der Waals surface area (Å²) < 4.78 is 7.46. The Bertz CT molecular complexity index is 479. The average Bonchev–Trinajstić information content (AvgIpc) is 2.76. The fraction of sp³-hybridized carbons (Fsp3) is 0.333. The van der Waals surface area contributed by atoms with Gasteiger partial charge in [0.15, 0.2) is 5.82 Å². The van der Waals surface area contributed by atoms with Gasteiger partial charge in [-0.2, -0.15) is 5.10 Å². The molecule has 90 valence electrons. The van der Waals surface area contributed by atoms with E-state index in [1.54, 1.807) is 18.5 Å². The van der Waals surface area contributed by atoms with E-state index in [0.717, 1.165) is 11.6 Å². The Hall–Kier alpha value is -1.55. The van der Waals surface area contributed by atoms with Gasteiger partial charge in [-0.15, -0.1) is 0 Å². The average molecular weight is 252 g/mol. The lowest BCUT2D eigenvalue weighted by Gasteiger charge is -2.10. The number of rotatable bonds is 4. The van der Waals surface area contributed by atoms with Crippen molar-refractivity contribution in [1.29, 1.82) is 0 Å². The number of nitrogens with zero attached hydrogens (tertiary/aromatic N) is 3. The van der Waals surface area contributed by atoms with Crippen LogP contribution in [-0.2, 0) is 6.61 Å². The summed E-state index contributed by atoms with van der Waals surface area (Å²) in [7, 11) is 0. The van der Waals surface area contributed by atoms with Gasteiger partial charge < -0.3 is 4.74 Å². The van der Waals surface area contributed by atoms with Crippen molar-refractivity contribution in [3.8, 4) is 5.75 Å². The predicted octanol–water partition coefficient (Wildman–Crippen LogP) is 3.09. The van der Waals surface area contributed by atoms with Crippen molar-refractivity contribution in [3.05, 3.63) is 41.4 Å². The molecule has 0 N–H and O–H groups in total. The van der Waals surface area contributed by atoms with Crippen molar-refractivity contribution in [3.63, 3.8) is 0 Å². The van der Waals surface area contributed by atoms with Gasteiger partial charge in [0.1, 0.15) is 18.7 Å². The molecule has 1 heterocycles. The molecule has 0 spiro atoms. The smallest absolute Gasteiger partial charge is 0.165 e. The van der Waals surface area contributed by atoms with Gasteiger partial charge in [0.05, 0.1) is 0 Å². The van der Waals surface area contributed by atoms with Gasteiger partial charge in [0.25, 0.3) is 0 Å². The lowest BCUT2D eigenvalue weighted by molar-refractivity contribution is 0.282. The second-order valence-corrected chi connectivity index (χ2v) is 4.39. The minimum atomic E-state index is 0.279. The van der Waals surface area contributed by atoms with E-state index in [9.17, 15) is 0 Å². The molecule has 1 aromatic carbocycles. The van der Waals surface area contributed by atoms with Crippen molar-refractivity contribution in [2.75, 3.05) is 0 Å². The Kier molecular flexibility index (Phi) is 3.64. The molecule has 17 heavy (non-hydrogen) atoms. The summed E-state index contributed by atoms with van der Waals surface area (Å²) >= 11 is 5.80. The zero-order chi connectivity index (χ0) is 12.3. The van der Waals surface area contributed by atoms with Crippen molar-refractivity contribution in [2.45, 2.75) is 26.5 Å². The fourth-order valence-electron chi connectivity index (χ4n) is 1.49. The van der Waals surface area contributed by atoms with E-state index >= 15 is 0 Å². The Morgan fingerprint density at radius 2 is 2.00 bits per heavy atom. The van der Waals surface area contributed by atoms with Crippen LogP contribution >= 0.6 is 11.6 Å². The van der Waals surface area contributed by atoms with Gasteiger partial charge in [0, 0.05) is 11.1 Å². The van der Waals surface area contributed by atoms with Gasteiger partial charge in [-0.05, 0) is 38.1 Å². The van der Waals surface area contributed by atoms with Crippen LogP contribution in [0, 0.1) is 0 Å². The first kappa shape index (κ1) is 11.9. The normalized spacial score (nSPS) is 10.8. The first-order valence-electron chi connectivity index (χ1n) is 5.43. The van der Waals surface area contributed by atoms with Crippen LogP contribution in [-0.4, -0.2) is 14.8 Å². The molecule has 0 atom stereocenters. The van der Waals surface area contributed by atoms with E-state index in [2.05, 4.69) is 23.9 Å². The number of hydrogen-bond acceptors (Lipinski definition) is 3. The predicted molar refractivity (Wildman–Crippen MR) is 66.2 cm³/mol. The van der Waals surface area contributed by atoms with E-state index < -0.39 is 0 Å². The number of ether oxygens (including phenoxy) is 1. The van der Waals surface area contributed by atoms with E-state index in [4.69, 9.17) is 16.3 Å². The Morgan fingerprint density at radius 1 is 1.29 bits per heavy atom. The SMILES string of the molecule is CC(C)n1ncnc1COc1ccc(Cl)cc1. The first-order chi connectivity index (χ1) is 8.16. The molecule has 0 unspecified atom stereocenters. The molecule has 2 aromatic rings. The lowest BCUT2D eigenvalue weighted by Crippen LogP contribution is -2.10. The monoisotopic (exact) mass is 251 g/mol. The van der Waals surface area contributed by atoms with Crippen molar-refractivity contribution in [2.24, 2.45) is 0 Å². The van der Waals surface area contributed by atoms with Gasteiger partial charge in [0.2, 0.25) is 0 Å². The summed E-state index contributed by atoms with van der Waals surface area (Å²) in [5.74, 6) is 1.59. The molecule has 0 saturated carbocycles. The number of hydrogen-bond donors (Lipinski definition) is 0. The molecule has 4 nitrogen and oxygen atoms in total. The fourth-order valence-corrected chi connectivity index (χ4v) is 1.61. The molecule has 0 amide bonds. The first-order valence-corrected chi connectivity index (χ1v) is 5.81. The highest BCUT2D eigenvalue weighted by Gasteiger charge is 2.07. The van der Waals surface area contributed by atoms with Gasteiger partial charge in [-0.1, -0.05) is 11.6 Å². The Labute approximate surface area is 105 Å². The highest BCUT2D eigenvalue weighted by atomic mass is 35.5. The molecule has 0 bridgehead atoms. The number of halogens is 1. The maximum absolute atomic E-state index is 5.80. The third-order valence-corrected chi connectivity index (χ3v) is 2.57. The molecule has 0 fully saturated rings. The summed E-state index contributed by atoms with van der Waals surface area (Å²) in [6.45, 7) is 4.51. The van der Waals surface area contributed by atoms with Gasteiger partial charge in [-0.25, -0.2) is 9.67 Å². The largest absolute Gasteiger partial charge is 0.486 e. The molecule has 0 aliphatic heterocycles. The topological polar surface area (TPSA) is 39.9 Å². The maximum Gasteiger partial charge on any atom is 0.165 e. The molecular formula is C12H14ClN3O. The summed E-state index contributed by atoms with van der Waals surface area (Å²) in [4.78, 5) is 4.17. The minimum Gasteiger partial charge on any atom is -0.486 e. The van der Waals surface area contributed by atoms with E-state index in [1.807, 2.05) is 16.8 Å². The third-order valence-electron chi connectivity index (χ3n) is 2.32. The molecule has 0 radical (unpaired) electrons. The van der Waals surface area contributed by atoms with Crippen LogP contribution in [0.15, 0.2) is 30.6 Å². The standard InChI is InChI=1S/C12H14ClN3O/c1-9(2)16-12(14-8-15-16)7-17-11-5-3-10(13)4-6-11/h3-6,8-9H,7H2,1-2H3. The third kappa shape index (κ3) is 2.97. The summed E-state index contributed by atoms with van der Waals surface area (Å²) in [5, 5.41) is 4.84. The number of aromatic nitrogens is 3. The minimum absolute atomic E-state index is 0.279. The van der Waals surface area contributed by atoms with Crippen LogP contribution in [0.5, 0.6) is 5.75 Å². The van der Waals surface area contributed by atoms with Crippen LogP contribution in [0.25, 0.3) is 0 Å². The van der Waals surface area contributed by atoms with E-state index in [1.165, 1.54) is 0 Å². The molecule has 0 aliphatic carbocycles. The Balaban J connectivity index is 2.02. The zero-order valence-corrected chi connectivity index (χ0v) is 10.6. The summed E-state index contributed by atoms with van der Waals surface area (Å²) in [6.07, 6.45) is 1.54. The molecule has 5 heteroatoms. The van der Waals surface area contributed by atoms with Crippen molar-refractivity contribution >= 4 is 11.6 Å². The molecule has 0 aliphatic rings. The van der Waals surface area contributed by atoms with E-state index in [0.29, 0.717) is 11.6 Å². The maximum atomic E-state index is 5.80. The highest BCUT2D eigenvalue weighted by Crippen LogP contribution is 2.17. The molecule has 1 aromatic heterocycles. The van der Waals surface area contributed by atoms with Crippen LogP contribution in [0.2, 0.25) is 5.02 Å². The van der Waals surface area contributed by atoms with Crippen LogP contribution in [0.4, 0.5) is 0 Å². The second kappa shape index (κ2) is 5.19. The summed E-state index contributed by atoms with van der Waals surface area (Å²) in [6, 6.07) is 7.53. The zero-order valence-electron chi connectivity index (χ0n) is 9.80. The quantitative estimate of drug-likeness (QED) is 0.838. The highest BCUT2D eigenvalue weighted by molar-refractivity contribution is 6.30. The molecular weight excluding hydrogens is 238 g/mol. The lowest BCUT2D eigenvalue weighted by atomic mass is 10.3. The van der Waals surface area contributed by atoms with Crippen LogP contribution in [0.3, 0.4) is 0 Å². The van der Waals surface area contributed by atoms with Crippen LogP contribution < -0.4 is 4.74 Å². The van der Waals surface area contributed by atoms with Crippen molar-refractivity contribution < 1.29 is 4.74 Å². The Morgan fingerprint density at radius 3 is 2.65 bits per heavy atom.